The average Bonchev–Trinajstić information content (AvgIpc) is 2.46. The van der Waals surface area contributed by atoms with Crippen molar-refractivity contribution in [2.24, 2.45) is 0 Å². The second-order valence-corrected chi connectivity index (χ2v) is 3.98. The molecule has 19 heavy (non-hydrogen) atoms. The largest absolute Gasteiger partial charge is 0.496 e. The van der Waals surface area contributed by atoms with Crippen LogP contribution in [0.4, 0.5) is 0 Å². The first kappa shape index (κ1) is 15.6. The van der Waals surface area contributed by atoms with E-state index in [1.165, 1.54) is 0 Å². The SMILES string of the molecule is CNCCOCCc1c(OC)cc(OC)cc1OC. The third kappa shape index (κ3) is 4.61. The zero-order valence-corrected chi connectivity index (χ0v) is 12.1. The minimum atomic E-state index is 0.626. The second kappa shape index (κ2) is 8.61. The van der Waals surface area contributed by atoms with Crippen LogP contribution in [0.2, 0.25) is 0 Å². The van der Waals surface area contributed by atoms with Crippen molar-refractivity contribution >= 4 is 0 Å². The number of likely N-dealkylation sites (N-methyl/N-ethyl adjacent to an activating group) is 1. The smallest absolute Gasteiger partial charge is 0.129 e. The van der Waals surface area contributed by atoms with Gasteiger partial charge in [0.2, 0.25) is 0 Å². The van der Waals surface area contributed by atoms with Gasteiger partial charge in [0.05, 0.1) is 34.5 Å². The molecule has 0 aliphatic rings. The Bertz CT molecular complexity index is 357. The Balaban J connectivity index is 2.73. The molecule has 1 N–H and O–H groups in total. The van der Waals surface area contributed by atoms with Crippen LogP contribution in [0, 0.1) is 0 Å². The molecule has 0 aliphatic heterocycles. The van der Waals surface area contributed by atoms with Crippen molar-refractivity contribution in [3.8, 4) is 17.2 Å². The predicted molar refractivity (Wildman–Crippen MR) is 74.5 cm³/mol. The van der Waals surface area contributed by atoms with E-state index in [0.717, 1.165) is 30.0 Å². The standard InChI is InChI=1S/C14H23NO4/c1-15-6-8-19-7-5-12-13(17-3)9-11(16-2)10-14(12)18-4/h9-10,15H,5-8H2,1-4H3. The Labute approximate surface area is 114 Å². The second-order valence-electron chi connectivity index (χ2n) is 3.98. The lowest BCUT2D eigenvalue weighted by Gasteiger charge is -2.15. The maximum Gasteiger partial charge on any atom is 0.129 e. The van der Waals surface area contributed by atoms with Crippen LogP contribution in [0.3, 0.4) is 0 Å². The van der Waals surface area contributed by atoms with E-state index >= 15 is 0 Å². The molecule has 0 aromatic heterocycles. The van der Waals surface area contributed by atoms with Gasteiger partial charge in [-0.1, -0.05) is 0 Å². The predicted octanol–water partition coefficient (Wildman–Crippen LogP) is 1.49. The van der Waals surface area contributed by atoms with Gasteiger partial charge in [0, 0.05) is 30.7 Å². The van der Waals surface area contributed by atoms with E-state index in [0.29, 0.717) is 19.0 Å². The molecule has 0 spiro atoms. The lowest BCUT2D eigenvalue weighted by atomic mass is 10.1. The highest BCUT2D eigenvalue weighted by atomic mass is 16.5. The number of hydrogen-bond donors (Lipinski definition) is 1. The number of hydrogen-bond acceptors (Lipinski definition) is 5. The number of benzene rings is 1. The summed E-state index contributed by atoms with van der Waals surface area (Å²) < 4.78 is 21.5. The highest BCUT2D eigenvalue weighted by molar-refractivity contribution is 5.50. The first-order valence-electron chi connectivity index (χ1n) is 6.28. The molecule has 5 heteroatoms. The number of nitrogens with one attached hydrogen (secondary N) is 1. The van der Waals surface area contributed by atoms with Crippen molar-refractivity contribution < 1.29 is 18.9 Å². The first-order valence-corrected chi connectivity index (χ1v) is 6.28. The molecule has 0 saturated heterocycles. The van der Waals surface area contributed by atoms with Gasteiger partial charge in [-0.25, -0.2) is 0 Å². The molecular formula is C14H23NO4. The molecule has 0 saturated carbocycles. The summed E-state index contributed by atoms with van der Waals surface area (Å²) in [6.45, 7) is 2.16. The van der Waals surface area contributed by atoms with Gasteiger partial charge in [-0.2, -0.15) is 0 Å². The summed E-state index contributed by atoms with van der Waals surface area (Å²) in [6, 6.07) is 3.71. The van der Waals surface area contributed by atoms with Crippen LogP contribution in [0.5, 0.6) is 17.2 Å². The van der Waals surface area contributed by atoms with Gasteiger partial charge >= 0.3 is 0 Å². The Morgan fingerprint density at radius 3 is 2.05 bits per heavy atom. The molecule has 5 nitrogen and oxygen atoms in total. The summed E-state index contributed by atoms with van der Waals surface area (Å²) in [7, 11) is 6.80. The molecule has 1 rings (SSSR count). The summed E-state index contributed by atoms with van der Waals surface area (Å²) in [5.41, 5.74) is 0.996. The van der Waals surface area contributed by atoms with E-state index in [1.54, 1.807) is 21.3 Å². The van der Waals surface area contributed by atoms with Crippen LogP contribution in [0.25, 0.3) is 0 Å². The number of ether oxygens (including phenoxy) is 4. The van der Waals surface area contributed by atoms with E-state index in [-0.39, 0.29) is 0 Å². The van der Waals surface area contributed by atoms with Gasteiger partial charge in [0.1, 0.15) is 17.2 Å². The maximum atomic E-state index is 5.53. The monoisotopic (exact) mass is 269 g/mol. The Morgan fingerprint density at radius 2 is 1.58 bits per heavy atom. The minimum absolute atomic E-state index is 0.626. The van der Waals surface area contributed by atoms with Gasteiger partial charge in [-0.15, -0.1) is 0 Å². The molecule has 0 unspecified atom stereocenters. The van der Waals surface area contributed by atoms with Crippen molar-refractivity contribution in [2.75, 3.05) is 48.1 Å². The molecule has 1 aromatic rings. The maximum absolute atomic E-state index is 5.53. The quantitative estimate of drug-likeness (QED) is 0.688. The van der Waals surface area contributed by atoms with Crippen molar-refractivity contribution in [3.63, 3.8) is 0 Å². The zero-order chi connectivity index (χ0) is 14.1. The van der Waals surface area contributed by atoms with Gasteiger partial charge < -0.3 is 24.3 Å². The third-order valence-electron chi connectivity index (χ3n) is 2.81. The van der Waals surface area contributed by atoms with Gasteiger partial charge in [-0.05, 0) is 7.05 Å². The fraction of sp³-hybridized carbons (Fsp3) is 0.571. The number of methoxy groups -OCH3 is 3. The number of rotatable bonds is 9. The van der Waals surface area contributed by atoms with Crippen molar-refractivity contribution in [2.45, 2.75) is 6.42 Å². The van der Waals surface area contributed by atoms with Crippen LogP contribution in [0.1, 0.15) is 5.56 Å². The van der Waals surface area contributed by atoms with Gasteiger partial charge in [-0.3, -0.25) is 0 Å². The average molecular weight is 269 g/mol. The first-order chi connectivity index (χ1) is 9.26. The molecule has 1 aromatic carbocycles. The minimum Gasteiger partial charge on any atom is -0.496 e. The third-order valence-corrected chi connectivity index (χ3v) is 2.81. The van der Waals surface area contributed by atoms with Crippen LogP contribution in [-0.4, -0.2) is 48.1 Å². The molecule has 0 fully saturated rings. The summed E-state index contributed by atoms with van der Waals surface area (Å²) in [5, 5.41) is 3.04. The molecule has 0 aliphatic carbocycles. The van der Waals surface area contributed by atoms with Crippen molar-refractivity contribution in [3.05, 3.63) is 17.7 Å². The molecule has 108 valence electrons. The van der Waals surface area contributed by atoms with E-state index in [1.807, 2.05) is 19.2 Å². The molecule has 0 bridgehead atoms. The fourth-order valence-corrected chi connectivity index (χ4v) is 1.77. The lowest BCUT2D eigenvalue weighted by molar-refractivity contribution is 0.139. The Morgan fingerprint density at radius 1 is 0.947 bits per heavy atom. The van der Waals surface area contributed by atoms with Crippen LogP contribution in [-0.2, 0) is 11.2 Å². The normalized spacial score (nSPS) is 10.3. The lowest BCUT2D eigenvalue weighted by Crippen LogP contribution is -2.15. The van der Waals surface area contributed by atoms with E-state index < -0.39 is 0 Å². The Hall–Kier alpha value is -1.46. The summed E-state index contributed by atoms with van der Waals surface area (Å²) >= 11 is 0. The summed E-state index contributed by atoms with van der Waals surface area (Å²) in [4.78, 5) is 0. The van der Waals surface area contributed by atoms with Crippen LogP contribution >= 0.6 is 0 Å². The zero-order valence-electron chi connectivity index (χ0n) is 12.1. The molecule has 0 heterocycles. The van der Waals surface area contributed by atoms with Crippen molar-refractivity contribution in [1.82, 2.24) is 5.32 Å². The molecule has 0 amide bonds. The molecule has 0 atom stereocenters. The molecule has 0 radical (unpaired) electrons. The van der Waals surface area contributed by atoms with E-state index in [2.05, 4.69) is 5.32 Å². The summed E-state index contributed by atoms with van der Waals surface area (Å²) in [5.74, 6) is 2.23. The highest BCUT2D eigenvalue weighted by Gasteiger charge is 2.12. The van der Waals surface area contributed by atoms with Crippen LogP contribution in [0.15, 0.2) is 12.1 Å². The van der Waals surface area contributed by atoms with Gasteiger partial charge in [0.25, 0.3) is 0 Å². The highest BCUT2D eigenvalue weighted by Crippen LogP contribution is 2.34. The van der Waals surface area contributed by atoms with Crippen molar-refractivity contribution in [1.29, 1.82) is 0 Å². The summed E-state index contributed by atoms with van der Waals surface area (Å²) in [6.07, 6.45) is 0.736. The molecular weight excluding hydrogens is 246 g/mol. The van der Waals surface area contributed by atoms with E-state index in [9.17, 15) is 0 Å². The van der Waals surface area contributed by atoms with E-state index in [4.69, 9.17) is 18.9 Å². The van der Waals surface area contributed by atoms with Crippen LogP contribution < -0.4 is 19.5 Å². The van der Waals surface area contributed by atoms with Gasteiger partial charge in [0.15, 0.2) is 0 Å². The fourth-order valence-electron chi connectivity index (χ4n) is 1.77. The topological polar surface area (TPSA) is 49.0 Å². The Kier molecular flexibility index (Phi) is 7.07.